The summed E-state index contributed by atoms with van der Waals surface area (Å²) in [5, 5.41) is 0. The van der Waals surface area contributed by atoms with Gasteiger partial charge < -0.3 is 0 Å². The lowest BCUT2D eigenvalue weighted by atomic mass is 9.68. The summed E-state index contributed by atoms with van der Waals surface area (Å²) in [5.74, 6) is 1.55. The zero-order valence-corrected chi connectivity index (χ0v) is 7.66. The fraction of sp³-hybridized carbons (Fsp3) is 0.818. The van der Waals surface area contributed by atoms with E-state index in [0.29, 0.717) is 11.8 Å². The van der Waals surface area contributed by atoms with Crippen LogP contribution in [0.3, 0.4) is 0 Å². The quantitative estimate of drug-likeness (QED) is 0.528. The zero-order chi connectivity index (χ0) is 9.00. The second-order valence-electron chi connectivity index (χ2n) is 5.03. The van der Waals surface area contributed by atoms with E-state index in [1.165, 1.54) is 6.42 Å². The van der Waals surface area contributed by atoms with Gasteiger partial charge in [-0.1, -0.05) is 0 Å². The van der Waals surface area contributed by atoms with Crippen molar-refractivity contribution in [3.63, 3.8) is 0 Å². The molecule has 0 aromatic heterocycles. The van der Waals surface area contributed by atoms with Gasteiger partial charge in [0.2, 0.25) is 11.6 Å². The number of fused-ring (bicyclic) bond motifs is 1. The summed E-state index contributed by atoms with van der Waals surface area (Å²) in [7, 11) is 0. The Bertz CT molecular complexity index is 242. The van der Waals surface area contributed by atoms with E-state index in [-0.39, 0.29) is 23.4 Å². The molecule has 0 aromatic rings. The second kappa shape index (κ2) is 2.43. The van der Waals surface area contributed by atoms with Crippen LogP contribution in [0.1, 0.15) is 32.1 Å². The minimum atomic E-state index is -0.0327. The minimum Gasteiger partial charge on any atom is -0.291 e. The summed E-state index contributed by atoms with van der Waals surface area (Å²) in [4.78, 5) is 23.3. The van der Waals surface area contributed by atoms with Crippen LogP contribution < -0.4 is 0 Å². The van der Waals surface area contributed by atoms with Gasteiger partial charge in [-0.15, -0.1) is 0 Å². The van der Waals surface area contributed by atoms with Gasteiger partial charge in [-0.05, 0) is 43.9 Å². The van der Waals surface area contributed by atoms with Crippen LogP contribution in [0.4, 0.5) is 0 Å². The summed E-state index contributed by atoms with van der Waals surface area (Å²) in [6, 6.07) is 0. The van der Waals surface area contributed by atoms with Crippen molar-refractivity contribution in [3.05, 3.63) is 0 Å². The third-order valence-corrected chi connectivity index (χ3v) is 4.12. The van der Waals surface area contributed by atoms with Crippen LogP contribution in [0.25, 0.3) is 0 Å². The lowest BCUT2D eigenvalue weighted by molar-refractivity contribution is -0.140. The number of Topliss-reactive ketones (excluding diaryl/α,β-unsaturated/α-hetero) is 2. The lowest BCUT2D eigenvalue weighted by Crippen LogP contribution is -2.28. The molecule has 4 bridgehead atoms. The van der Waals surface area contributed by atoms with Crippen molar-refractivity contribution in [1.82, 2.24) is 0 Å². The Labute approximate surface area is 77.7 Å². The van der Waals surface area contributed by atoms with Crippen LogP contribution in [0.5, 0.6) is 0 Å². The molecule has 13 heavy (non-hydrogen) atoms. The number of carbonyl (C=O) groups is 2. The van der Waals surface area contributed by atoms with Gasteiger partial charge in [0.25, 0.3) is 0 Å². The van der Waals surface area contributed by atoms with Crippen molar-refractivity contribution < 1.29 is 9.59 Å². The Hall–Kier alpha value is -0.660. The molecule has 4 aliphatic carbocycles. The highest BCUT2D eigenvalue weighted by Gasteiger charge is 2.47. The Morgan fingerprint density at radius 2 is 1.08 bits per heavy atom. The van der Waals surface area contributed by atoms with Crippen molar-refractivity contribution >= 4 is 11.6 Å². The van der Waals surface area contributed by atoms with Crippen molar-refractivity contribution in [2.24, 2.45) is 23.7 Å². The largest absolute Gasteiger partial charge is 0.291 e. The summed E-state index contributed by atoms with van der Waals surface area (Å²) in [6.45, 7) is 0. The lowest BCUT2D eigenvalue weighted by Gasteiger charge is -2.36. The molecule has 0 atom stereocenters. The summed E-state index contributed by atoms with van der Waals surface area (Å²) < 4.78 is 0. The molecule has 0 N–H and O–H groups in total. The first kappa shape index (κ1) is 7.72. The SMILES string of the molecule is O=C1C(=O)C2CC3CC(CC1C3)C2. The molecule has 2 nitrogen and oxygen atoms in total. The van der Waals surface area contributed by atoms with Gasteiger partial charge in [0, 0.05) is 11.8 Å². The van der Waals surface area contributed by atoms with Gasteiger partial charge >= 0.3 is 0 Å². The first-order chi connectivity index (χ1) is 6.24. The number of hydrogen-bond acceptors (Lipinski definition) is 2. The number of ketones is 2. The van der Waals surface area contributed by atoms with Crippen LogP contribution in [0, 0.1) is 23.7 Å². The molecule has 4 aliphatic rings. The van der Waals surface area contributed by atoms with E-state index >= 15 is 0 Å². The molecule has 4 fully saturated rings. The van der Waals surface area contributed by atoms with E-state index in [9.17, 15) is 9.59 Å². The minimum absolute atomic E-state index is 0.0327. The summed E-state index contributed by atoms with van der Waals surface area (Å²) in [6.07, 6.45) is 5.33. The van der Waals surface area contributed by atoms with Gasteiger partial charge in [0.05, 0.1) is 0 Å². The normalized spacial score (nSPS) is 48.3. The van der Waals surface area contributed by atoms with E-state index in [1.807, 2.05) is 0 Å². The fourth-order valence-electron chi connectivity index (χ4n) is 3.68. The van der Waals surface area contributed by atoms with Crippen LogP contribution in [0.2, 0.25) is 0 Å². The molecule has 0 spiro atoms. The summed E-state index contributed by atoms with van der Waals surface area (Å²) >= 11 is 0. The predicted molar refractivity (Wildman–Crippen MR) is 47.1 cm³/mol. The van der Waals surface area contributed by atoms with Gasteiger partial charge in [-0.3, -0.25) is 9.59 Å². The van der Waals surface area contributed by atoms with Crippen molar-refractivity contribution in [3.8, 4) is 0 Å². The molecule has 0 aliphatic heterocycles. The van der Waals surface area contributed by atoms with E-state index < -0.39 is 0 Å². The van der Waals surface area contributed by atoms with Crippen molar-refractivity contribution in [2.45, 2.75) is 32.1 Å². The van der Waals surface area contributed by atoms with Gasteiger partial charge in [0.1, 0.15) is 0 Å². The molecule has 0 radical (unpaired) electrons. The molecule has 0 amide bonds. The third-order valence-electron chi connectivity index (χ3n) is 4.12. The highest BCUT2D eigenvalue weighted by molar-refractivity contribution is 6.39. The number of carbonyl (C=O) groups excluding carboxylic acids is 2. The molecule has 2 heteroatoms. The maximum atomic E-state index is 11.6. The molecule has 0 aromatic carbocycles. The molecule has 4 rings (SSSR count). The van der Waals surface area contributed by atoms with E-state index in [0.717, 1.165) is 25.7 Å². The van der Waals surface area contributed by atoms with E-state index in [4.69, 9.17) is 0 Å². The smallest absolute Gasteiger partial charge is 0.201 e. The first-order valence-electron chi connectivity index (χ1n) is 5.32. The number of hydrogen-bond donors (Lipinski definition) is 0. The topological polar surface area (TPSA) is 34.1 Å². The van der Waals surface area contributed by atoms with Crippen LogP contribution in [-0.2, 0) is 9.59 Å². The molecule has 0 heterocycles. The molecule has 70 valence electrons. The standard InChI is InChI=1S/C11H14O2/c12-10-8-2-6-1-7(4-8)5-9(3-6)11(10)13/h6-9H,1-5H2. The maximum absolute atomic E-state index is 11.6. The van der Waals surface area contributed by atoms with E-state index in [2.05, 4.69) is 0 Å². The highest BCUT2D eigenvalue weighted by Crippen LogP contribution is 2.48. The first-order valence-corrected chi connectivity index (χ1v) is 5.32. The average Bonchev–Trinajstić information content (AvgIpc) is 2.23. The molecular formula is C11H14O2. The second-order valence-corrected chi connectivity index (χ2v) is 5.03. The fourth-order valence-corrected chi connectivity index (χ4v) is 3.68. The third kappa shape index (κ3) is 1.01. The van der Waals surface area contributed by atoms with Crippen molar-refractivity contribution in [2.75, 3.05) is 0 Å². The Kier molecular flexibility index (Phi) is 1.44. The maximum Gasteiger partial charge on any atom is 0.201 e. The molecular weight excluding hydrogens is 164 g/mol. The van der Waals surface area contributed by atoms with Gasteiger partial charge in [0.15, 0.2) is 0 Å². The number of rotatable bonds is 0. The Morgan fingerprint density at radius 3 is 1.46 bits per heavy atom. The highest BCUT2D eigenvalue weighted by atomic mass is 16.2. The van der Waals surface area contributed by atoms with Gasteiger partial charge in [-0.2, -0.15) is 0 Å². The summed E-state index contributed by atoms with van der Waals surface area (Å²) in [5.41, 5.74) is 0. The molecule has 0 saturated heterocycles. The van der Waals surface area contributed by atoms with Crippen LogP contribution >= 0.6 is 0 Å². The van der Waals surface area contributed by atoms with Crippen LogP contribution in [0.15, 0.2) is 0 Å². The van der Waals surface area contributed by atoms with Gasteiger partial charge in [-0.25, -0.2) is 0 Å². The van der Waals surface area contributed by atoms with E-state index in [1.54, 1.807) is 0 Å². The van der Waals surface area contributed by atoms with Crippen LogP contribution in [-0.4, -0.2) is 11.6 Å². The monoisotopic (exact) mass is 178 g/mol. The zero-order valence-electron chi connectivity index (χ0n) is 7.66. The average molecular weight is 178 g/mol. The Morgan fingerprint density at radius 1 is 0.692 bits per heavy atom. The molecule has 0 unspecified atom stereocenters. The predicted octanol–water partition coefficient (Wildman–Crippen LogP) is 1.58. The Balaban J connectivity index is 2.03. The molecule has 4 saturated carbocycles. The van der Waals surface area contributed by atoms with Crippen molar-refractivity contribution in [1.29, 1.82) is 0 Å².